The Morgan fingerprint density at radius 3 is 2.57 bits per heavy atom. The Morgan fingerprint density at radius 2 is 1.83 bits per heavy atom. The van der Waals surface area contributed by atoms with Gasteiger partial charge in [-0.15, -0.1) is 0 Å². The molecule has 0 saturated heterocycles. The molecule has 35 heavy (non-hydrogen) atoms. The lowest BCUT2D eigenvalue weighted by molar-refractivity contribution is -0.121. The number of benzene rings is 3. The van der Waals surface area contributed by atoms with Crippen LogP contribution in [0, 0.1) is 11.6 Å². The van der Waals surface area contributed by atoms with Gasteiger partial charge in [-0.25, -0.2) is 18.4 Å². The van der Waals surface area contributed by atoms with Gasteiger partial charge < -0.3 is 4.74 Å². The highest BCUT2D eigenvalue weighted by Crippen LogP contribution is 2.52. The second-order valence-electron chi connectivity index (χ2n) is 8.21. The zero-order chi connectivity index (χ0) is 24.6. The van der Waals surface area contributed by atoms with Gasteiger partial charge in [0.05, 0.1) is 6.54 Å². The molecule has 3 aromatic carbocycles. The lowest BCUT2D eigenvalue weighted by Gasteiger charge is -2.40. The first-order valence-corrected chi connectivity index (χ1v) is 12.0. The van der Waals surface area contributed by atoms with Crippen LogP contribution in [0.4, 0.5) is 17.6 Å². The van der Waals surface area contributed by atoms with Crippen molar-refractivity contribution in [3.05, 3.63) is 102 Å². The number of hydrogen-bond acceptors (Lipinski definition) is 4. The molecule has 180 valence electrons. The molecule has 1 aliphatic carbocycles. The SMILES string of the molecule is CCSC(F)(F)C(Cn1cncn1)(Oc1cccc2c1Cc1ccccc1-2)c1ccc(F)cc1F. The van der Waals surface area contributed by atoms with Crippen LogP contribution in [0.3, 0.4) is 0 Å². The van der Waals surface area contributed by atoms with E-state index in [0.29, 0.717) is 24.2 Å². The summed E-state index contributed by atoms with van der Waals surface area (Å²) in [6.45, 7) is 1.03. The van der Waals surface area contributed by atoms with E-state index in [2.05, 4.69) is 10.1 Å². The fourth-order valence-electron chi connectivity index (χ4n) is 4.55. The lowest BCUT2D eigenvalue weighted by Crippen LogP contribution is -2.52. The third-order valence-electron chi connectivity index (χ3n) is 6.11. The molecule has 0 fully saturated rings. The minimum absolute atomic E-state index is 0.0383. The Labute approximate surface area is 204 Å². The highest BCUT2D eigenvalue weighted by atomic mass is 32.2. The summed E-state index contributed by atoms with van der Waals surface area (Å²) in [4.78, 5) is 3.85. The first-order valence-electron chi connectivity index (χ1n) is 11.0. The number of rotatable bonds is 8. The van der Waals surface area contributed by atoms with Gasteiger partial charge >= 0.3 is 5.25 Å². The van der Waals surface area contributed by atoms with E-state index in [1.54, 1.807) is 19.1 Å². The maximum atomic E-state index is 16.1. The Balaban J connectivity index is 1.71. The average Bonchev–Trinajstić information content (AvgIpc) is 3.46. The quantitative estimate of drug-likeness (QED) is 0.230. The molecule has 1 aromatic heterocycles. The smallest absolute Gasteiger partial charge is 0.338 e. The monoisotopic (exact) mass is 499 g/mol. The van der Waals surface area contributed by atoms with Crippen molar-refractivity contribution in [1.29, 1.82) is 0 Å². The van der Waals surface area contributed by atoms with Crippen molar-refractivity contribution >= 4 is 11.8 Å². The summed E-state index contributed by atoms with van der Waals surface area (Å²) < 4.78 is 68.7. The number of nitrogens with zero attached hydrogens (tertiary/aromatic N) is 3. The Kier molecular flexibility index (Phi) is 6.04. The number of fused-ring (bicyclic) bond motifs is 3. The predicted octanol–water partition coefficient (Wildman–Crippen LogP) is 6.45. The zero-order valence-electron chi connectivity index (χ0n) is 18.7. The summed E-state index contributed by atoms with van der Waals surface area (Å²) in [6.07, 6.45) is 2.95. The normalized spacial score (nSPS) is 14.3. The predicted molar refractivity (Wildman–Crippen MR) is 126 cm³/mol. The van der Waals surface area contributed by atoms with Crippen LogP contribution >= 0.6 is 11.8 Å². The summed E-state index contributed by atoms with van der Waals surface area (Å²) in [5, 5.41) is 0.356. The molecule has 0 bridgehead atoms. The fraction of sp³-hybridized carbons (Fsp3) is 0.231. The summed E-state index contributed by atoms with van der Waals surface area (Å²) >= 11 is 0.330. The number of hydrogen-bond donors (Lipinski definition) is 0. The second-order valence-corrected chi connectivity index (χ2v) is 9.59. The molecule has 4 aromatic rings. The van der Waals surface area contributed by atoms with Crippen molar-refractivity contribution < 1.29 is 22.3 Å². The van der Waals surface area contributed by atoms with E-state index in [-0.39, 0.29) is 11.5 Å². The number of thioether (sulfide) groups is 1. The molecule has 0 spiro atoms. The molecule has 9 heteroatoms. The van der Waals surface area contributed by atoms with Crippen LogP contribution < -0.4 is 4.74 Å². The van der Waals surface area contributed by atoms with Gasteiger partial charge in [0.15, 0.2) is 0 Å². The molecular formula is C26H21F4N3OS. The van der Waals surface area contributed by atoms with E-state index in [1.807, 2.05) is 30.3 Å². The van der Waals surface area contributed by atoms with Crippen molar-refractivity contribution in [2.24, 2.45) is 0 Å². The Bertz CT molecular complexity index is 1360. The van der Waals surface area contributed by atoms with Crippen LogP contribution in [0.5, 0.6) is 5.75 Å². The number of halogens is 4. The van der Waals surface area contributed by atoms with E-state index in [4.69, 9.17) is 4.74 Å². The maximum absolute atomic E-state index is 16.1. The van der Waals surface area contributed by atoms with E-state index in [0.717, 1.165) is 34.4 Å². The molecule has 5 rings (SSSR count). The van der Waals surface area contributed by atoms with Gasteiger partial charge in [-0.2, -0.15) is 13.9 Å². The van der Waals surface area contributed by atoms with E-state index >= 15 is 13.2 Å². The average molecular weight is 500 g/mol. The summed E-state index contributed by atoms with van der Waals surface area (Å²) in [7, 11) is 0. The molecule has 1 heterocycles. The fourth-order valence-corrected chi connectivity index (χ4v) is 5.36. The van der Waals surface area contributed by atoms with Crippen molar-refractivity contribution in [3.8, 4) is 16.9 Å². The van der Waals surface area contributed by atoms with Crippen molar-refractivity contribution in [3.63, 3.8) is 0 Å². The highest BCUT2D eigenvalue weighted by Gasteiger charge is 2.60. The highest BCUT2D eigenvalue weighted by molar-refractivity contribution is 8.00. The van der Waals surface area contributed by atoms with Crippen LogP contribution in [0.2, 0.25) is 0 Å². The van der Waals surface area contributed by atoms with Crippen molar-refractivity contribution in [1.82, 2.24) is 14.8 Å². The third kappa shape index (κ3) is 4.07. The number of aromatic nitrogens is 3. The van der Waals surface area contributed by atoms with Gasteiger partial charge in [0.25, 0.3) is 0 Å². The van der Waals surface area contributed by atoms with Crippen molar-refractivity contribution in [2.45, 2.75) is 30.7 Å². The van der Waals surface area contributed by atoms with Gasteiger partial charge in [-0.3, -0.25) is 0 Å². The molecule has 1 unspecified atom stereocenters. The van der Waals surface area contributed by atoms with Gasteiger partial charge in [0.2, 0.25) is 5.60 Å². The van der Waals surface area contributed by atoms with Gasteiger partial charge in [0, 0.05) is 23.6 Å². The van der Waals surface area contributed by atoms with Crippen molar-refractivity contribution in [2.75, 3.05) is 5.75 Å². The molecule has 0 radical (unpaired) electrons. The standard InChI is InChI=1S/C26H21F4N3OS/c1-2-35-26(29,30)25(14-33-16-31-15-32-33,22-11-10-18(27)13-23(22)28)34-24-9-5-8-20-19-7-4-3-6-17(19)12-21(20)24/h3-11,13,15-16H,2,12,14H2,1H3. The van der Waals surface area contributed by atoms with Gasteiger partial charge in [-0.05, 0) is 40.6 Å². The largest absolute Gasteiger partial charge is 0.473 e. The topological polar surface area (TPSA) is 39.9 Å². The molecule has 0 amide bonds. The minimum atomic E-state index is -3.62. The summed E-state index contributed by atoms with van der Waals surface area (Å²) in [5.74, 6) is -1.75. The lowest BCUT2D eigenvalue weighted by atomic mass is 9.92. The molecule has 1 atom stereocenters. The molecule has 4 nitrogen and oxygen atoms in total. The summed E-state index contributed by atoms with van der Waals surface area (Å²) in [6, 6.07) is 15.6. The van der Waals surface area contributed by atoms with Crippen LogP contribution in [-0.2, 0) is 18.6 Å². The first-order chi connectivity index (χ1) is 16.8. The molecule has 1 aliphatic rings. The zero-order valence-corrected chi connectivity index (χ0v) is 19.5. The van der Waals surface area contributed by atoms with Crippen LogP contribution in [0.1, 0.15) is 23.6 Å². The molecule has 0 aliphatic heterocycles. The maximum Gasteiger partial charge on any atom is 0.338 e. The van der Waals surface area contributed by atoms with Crippen LogP contribution in [0.15, 0.2) is 73.3 Å². The van der Waals surface area contributed by atoms with Gasteiger partial charge in [-0.1, -0.05) is 55.1 Å². The Hall–Kier alpha value is -3.33. The first kappa shape index (κ1) is 23.4. The third-order valence-corrected chi connectivity index (χ3v) is 7.09. The van der Waals surface area contributed by atoms with E-state index in [1.165, 1.54) is 17.3 Å². The summed E-state index contributed by atoms with van der Waals surface area (Å²) in [5.41, 5.74) is 0.632. The number of ether oxygens (including phenoxy) is 1. The minimum Gasteiger partial charge on any atom is -0.473 e. The molecule has 0 saturated carbocycles. The van der Waals surface area contributed by atoms with E-state index < -0.39 is 34.6 Å². The molecule has 0 N–H and O–H groups in total. The number of alkyl halides is 2. The second kappa shape index (κ2) is 9.03. The van der Waals surface area contributed by atoms with Gasteiger partial charge in [0.1, 0.15) is 30.0 Å². The van der Waals surface area contributed by atoms with E-state index in [9.17, 15) is 4.39 Å². The Morgan fingerprint density at radius 1 is 1.03 bits per heavy atom. The van der Waals surface area contributed by atoms with Crippen LogP contribution in [-0.4, -0.2) is 25.8 Å². The molecular weight excluding hydrogens is 478 g/mol. The van der Waals surface area contributed by atoms with Crippen LogP contribution in [0.25, 0.3) is 11.1 Å².